The van der Waals surface area contributed by atoms with Gasteiger partial charge in [0.25, 0.3) is 0 Å². The van der Waals surface area contributed by atoms with Gasteiger partial charge in [-0.3, -0.25) is 4.79 Å². The van der Waals surface area contributed by atoms with Crippen LogP contribution in [0.5, 0.6) is 0 Å². The summed E-state index contributed by atoms with van der Waals surface area (Å²) in [6.07, 6.45) is 0.833. The molecule has 0 aliphatic carbocycles. The Morgan fingerprint density at radius 2 is 0.957 bits per heavy atom. The first-order valence-corrected chi connectivity index (χ1v) is 8.26. The minimum absolute atomic E-state index is 0.729. The minimum Gasteiger partial charge on any atom is -0.298 e. The van der Waals surface area contributed by atoms with E-state index in [1.165, 1.54) is 10.6 Å². The van der Waals surface area contributed by atoms with Crippen molar-refractivity contribution < 1.29 is 4.79 Å². The molecule has 0 aliphatic heterocycles. The fourth-order valence-corrected chi connectivity index (χ4v) is 2.79. The summed E-state index contributed by atoms with van der Waals surface area (Å²) < 4.78 is 0. The molecule has 0 amide bonds. The van der Waals surface area contributed by atoms with Crippen molar-refractivity contribution in [3.05, 3.63) is 110 Å². The lowest BCUT2D eigenvalue weighted by atomic mass is 10.2. The normalized spacial score (nSPS) is 8.70. The molecule has 0 bridgehead atoms. The number of hydrogen-bond acceptors (Lipinski definition) is 1. The summed E-state index contributed by atoms with van der Waals surface area (Å²) in [6.45, 7) is 6.00. The highest BCUT2D eigenvalue weighted by atomic mass is 31.1. The quantitative estimate of drug-likeness (QED) is 0.391. The molecule has 2 heteroatoms. The van der Waals surface area contributed by atoms with Crippen molar-refractivity contribution in [2.75, 3.05) is 0 Å². The maximum Gasteiger partial charge on any atom is 0.150 e. The minimum atomic E-state index is 0.729. The van der Waals surface area contributed by atoms with Gasteiger partial charge in [0.1, 0.15) is 6.29 Å². The zero-order valence-electron chi connectivity index (χ0n) is 13.1. The molecular formula is C21H21OP. The van der Waals surface area contributed by atoms with Crippen LogP contribution in [0.3, 0.4) is 0 Å². The van der Waals surface area contributed by atoms with E-state index in [2.05, 4.69) is 73.8 Å². The Morgan fingerprint density at radius 1 is 0.609 bits per heavy atom. The smallest absolute Gasteiger partial charge is 0.150 e. The number of benzene rings is 3. The molecule has 0 radical (unpaired) electrons. The largest absolute Gasteiger partial charge is 0.298 e. The SMILES string of the molecule is C=C.O=Cc1ccccc1.c1ccc(Pc2ccccc2)cc1. The van der Waals surface area contributed by atoms with Crippen molar-refractivity contribution in [1.29, 1.82) is 0 Å². The molecule has 0 spiro atoms. The molecule has 116 valence electrons. The first-order chi connectivity index (χ1) is 11.4. The lowest BCUT2D eigenvalue weighted by Crippen LogP contribution is -2.01. The van der Waals surface area contributed by atoms with Crippen molar-refractivity contribution in [3.8, 4) is 0 Å². The van der Waals surface area contributed by atoms with E-state index in [9.17, 15) is 4.79 Å². The van der Waals surface area contributed by atoms with Crippen LogP contribution in [0.4, 0.5) is 0 Å². The first-order valence-electron chi connectivity index (χ1n) is 7.26. The van der Waals surface area contributed by atoms with E-state index in [0.717, 1.165) is 20.4 Å². The van der Waals surface area contributed by atoms with Crippen molar-refractivity contribution in [2.45, 2.75) is 0 Å². The van der Waals surface area contributed by atoms with E-state index in [0.29, 0.717) is 0 Å². The second-order valence-electron chi connectivity index (χ2n) is 4.39. The van der Waals surface area contributed by atoms with Gasteiger partial charge in [-0.15, -0.1) is 13.2 Å². The van der Waals surface area contributed by atoms with Crippen LogP contribution in [-0.2, 0) is 0 Å². The van der Waals surface area contributed by atoms with Crippen molar-refractivity contribution >= 4 is 25.5 Å². The Morgan fingerprint density at radius 3 is 1.26 bits per heavy atom. The van der Waals surface area contributed by atoms with Gasteiger partial charge in [0.2, 0.25) is 0 Å². The van der Waals surface area contributed by atoms with Crippen LogP contribution in [0, 0.1) is 0 Å². The second-order valence-corrected chi connectivity index (χ2v) is 5.79. The van der Waals surface area contributed by atoms with Gasteiger partial charge in [-0.05, 0) is 10.6 Å². The number of rotatable bonds is 3. The molecule has 0 N–H and O–H groups in total. The van der Waals surface area contributed by atoms with Crippen molar-refractivity contribution in [1.82, 2.24) is 0 Å². The highest BCUT2D eigenvalue weighted by Gasteiger charge is 1.92. The fraction of sp³-hybridized carbons (Fsp3) is 0. The molecule has 0 fully saturated rings. The number of aldehydes is 1. The molecule has 0 saturated carbocycles. The monoisotopic (exact) mass is 320 g/mol. The molecule has 23 heavy (non-hydrogen) atoms. The molecule has 3 aromatic carbocycles. The van der Waals surface area contributed by atoms with Crippen molar-refractivity contribution in [2.24, 2.45) is 0 Å². The van der Waals surface area contributed by atoms with Gasteiger partial charge in [-0.1, -0.05) is 99.6 Å². The zero-order chi connectivity index (χ0) is 16.8. The van der Waals surface area contributed by atoms with Crippen LogP contribution >= 0.6 is 8.58 Å². The van der Waals surface area contributed by atoms with Crippen LogP contribution < -0.4 is 10.6 Å². The topological polar surface area (TPSA) is 17.1 Å². The lowest BCUT2D eigenvalue weighted by molar-refractivity contribution is 0.112. The van der Waals surface area contributed by atoms with Crippen LogP contribution in [-0.4, -0.2) is 6.29 Å². The first kappa shape index (κ1) is 18.5. The lowest BCUT2D eigenvalue weighted by Gasteiger charge is -2.00. The highest BCUT2D eigenvalue weighted by Crippen LogP contribution is 2.08. The van der Waals surface area contributed by atoms with Gasteiger partial charge in [0.15, 0.2) is 0 Å². The zero-order valence-corrected chi connectivity index (χ0v) is 14.1. The Bertz CT molecular complexity index is 614. The summed E-state index contributed by atoms with van der Waals surface area (Å²) in [4.78, 5) is 10.0. The third-order valence-electron chi connectivity index (χ3n) is 2.77. The molecule has 0 atom stereocenters. The van der Waals surface area contributed by atoms with E-state index < -0.39 is 0 Å². The molecule has 1 nitrogen and oxygen atoms in total. The predicted octanol–water partition coefficient (Wildman–Crippen LogP) is 4.62. The van der Waals surface area contributed by atoms with Gasteiger partial charge in [0.05, 0.1) is 0 Å². The number of carbonyl (C=O) groups is 1. The molecule has 3 aromatic rings. The van der Waals surface area contributed by atoms with Gasteiger partial charge in [-0.2, -0.15) is 0 Å². The summed E-state index contributed by atoms with van der Waals surface area (Å²) in [6, 6.07) is 30.2. The maximum absolute atomic E-state index is 10.0. The summed E-state index contributed by atoms with van der Waals surface area (Å²) in [5.74, 6) is 0. The molecule has 0 heterocycles. The Balaban J connectivity index is 0.000000228. The highest BCUT2D eigenvalue weighted by molar-refractivity contribution is 7.55. The predicted molar refractivity (Wildman–Crippen MR) is 104 cm³/mol. The summed E-state index contributed by atoms with van der Waals surface area (Å²) in [7, 11) is 0.777. The van der Waals surface area contributed by atoms with Gasteiger partial charge in [-0.25, -0.2) is 0 Å². The van der Waals surface area contributed by atoms with Gasteiger partial charge in [0, 0.05) is 5.56 Å². The standard InChI is InChI=1S/C12H11P.C7H6O.C2H4/c1-3-7-11(8-4-1)13-12-9-5-2-6-10-12;8-6-7-4-2-1-3-5-7;1-2/h1-10,13H;1-6H;1-2H2. The maximum atomic E-state index is 10.0. The van der Waals surface area contributed by atoms with E-state index in [-0.39, 0.29) is 0 Å². The average molecular weight is 320 g/mol. The van der Waals surface area contributed by atoms with Crippen molar-refractivity contribution in [3.63, 3.8) is 0 Å². The van der Waals surface area contributed by atoms with E-state index in [1.807, 2.05) is 18.2 Å². The van der Waals surface area contributed by atoms with E-state index in [1.54, 1.807) is 12.1 Å². The van der Waals surface area contributed by atoms with Crippen LogP contribution in [0.15, 0.2) is 104 Å². The van der Waals surface area contributed by atoms with Gasteiger partial charge < -0.3 is 0 Å². The summed E-state index contributed by atoms with van der Waals surface area (Å²) in [5.41, 5.74) is 0.729. The van der Waals surface area contributed by atoms with E-state index >= 15 is 0 Å². The summed E-state index contributed by atoms with van der Waals surface area (Å²) >= 11 is 0. The van der Waals surface area contributed by atoms with E-state index in [4.69, 9.17) is 0 Å². The molecule has 3 rings (SSSR count). The Kier molecular flexibility index (Phi) is 9.75. The van der Waals surface area contributed by atoms with Crippen LogP contribution in [0.1, 0.15) is 10.4 Å². The van der Waals surface area contributed by atoms with Crippen LogP contribution in [0.2, 0.25) is 0 Å². The average Bonchev–Trinajstić information content (AvgIpc) is 2.66. The molecule has 0 aromatic heterocycles. The summed E-state index contributed by atoms with van der Waals surface area (Å²) in [5, 5.41) is 2.79. The van der Waals surface area contributed by atoms with Gasteiger partial charge >= 0.3 is 0 Å². The molecular weight excluding hydrogens is 299 g/mol. The third-order valence-corrected chi connectivity index (χ3v) is 4.02. The Hall–Kier alpha value is -2.50. The Labute approximate surface area is 140 Å². The number of hydrogen-bond donors (Lipinski definition) is 0. The third kappa shape index (κ3) is 7.90. The van der Waals surface area contributed by atoms with Crippen LogP contribution in [0.25, 0.3) is 0 Å². The molecule has 0 unspecified atom stereocenters. The second kappa shape index (κ2) is 12.1. The molecule has 0 saturated heterocycles. The molecule has 0 aliphatic rings. The number of carbonyl (C=O) groups excluding carboxylic acids is 1. The fourth-order valence-electron chi connectivity index (χ4n) is 1.74.